The van der Waals surface area contributed by atoms with E-state index in [1.54, 1.807) is 4.68 Å². The Hall–Kier alpha value is -2.66. The normalized spacial score (nSPS) is 11.0. The van der Waals surface area contributed by atoms with Crippen molar-refractivity contribution < 1.29 is 0 Å². The molecule has 0 aliphatic rings. The van der Waals surface area contributed by atoms with Crippen LogP contribution in [-0.2, 0) is 0 Å². The Morgan fingerprint density at radius 1 is 1.05 bits per heavy atom. The van der Waals surface area contributed by atoms with Gasteiger partial charge in [-0.2, -0.15) is 4.68 Å². The summed E-state index contributed by atoms with van der Waals surface area (Å²) < 4.78 is 1.66. The van der Waals surface area contributed by atoms with E-state index in [4.69, 9.17) is 11.6 Å². The van der Waals surface area contributed by atoms with Crippen LogP contribution in [0.5, 0.6) is 0 Å². The molecule has 2 aromatic carbocycles. The molecule has 0 amide bonds. The van der Waals surface area contributed by atoms with Crippen molar-refractivity contribution in [1.29, 1.82) is 0 Å². The molecule has 0 N–H and O–H groups in total. The molecule has 0 saturated heterocycles. The summed E-state index contributed by atoms with van der Waals surface area (Å²) >= 11 is 5.90. The van der Waals surface area contributed by atoms with Gasteiger partial charge in [-0.1, -0.05) is 29.8 Å². The Bertz CT molecular complexity index is 765. The Balaban J connectivity index is 1.83. The van der Waals surface area contributed by atoms with Gasteiger partial charge in [-0.3, -0.25) is 0 Å². The molecule has 110 valence electrons. The van der Waals surface area contributed by atoms with Crippen molar-refractivity contribution in [2.45, 2.75) is 0 Å². The van der Waals surface area contributed by atoms with Gasteiger partial charge in [-0.25, -0.2) is 0 Å². The van der Waals surface area contributed by atoms with Gasteiger partial charge in [-0.15, -0.1) is 5.10 Å². The minimum absolute atomic E-state index is 0.644. The zero-order valence-electron chi connectivity index (χ0n) is 12.0. The lowest BCUT2D eigenvalue weighted by Crippen LogP contribution is -2.08. The van der Waals surface area contributed by atoms with E-state index < -0.39 is 0 Å². The van der Waals surface area contributed by atoms with Crippen LogP contribution in [0.25, 0.3) is 11.8 Å². The number of aromatic nitrogens is 4. The largest absolute Gasteiger partial charge is 0.351 e. The Morgan fingerprint density at radius 2 is 1.77 bits per heavy atom. The van der Waals surface area contributed by atoms with Crippen LogP contribution in [0.4, 0.5) is 5.69 Å². The van der Waals surface area contributed by atoms with Crippen molar-refractivity contribution in [2.24, 2.45) is 0 Å². The monoisotopic (exact) mass is 311 g/mol. The third kappa shape index (κ3) is 3.15. The lowest BCUT2D eigenvalue weighted by molar-refractivity contribution is 0.786. The molecule has 0 spiro atoms. The summed E-state index contributed by atoms with van der Waals surface area (Å²) in [7, 11) is 1.97. The van der Waals surface area contributed by atoms with Crippen LogP contribution >= 0.6 is 11.6 Å². The maximum Gasteiger partial charge on any atom is 0.181 e. The second-order valence-electron chi connectivity index (χ2n) is 4.69. The van der Waals surface area contributed by atoms with Gasteiger partial charge in [0.25, 0.3) is 0 Å². The van der Waals surface area contributed by atoms with Crippen LogP contribution < -0.4 is 4.90 Å². The fraction of sp³-hybridized carbons (Fsp3) is 0.0625. The van der Waals surface area contributed by atoms with Crippen LogP contribution in [-0.4, -0.2) is 27.3 Å². The summed E-state index contributed by atoms with van der Waals surface area (Å²) in [6, 6.07) is 17.4. The van der Waals surface area contributed by atoms with Crippen molar-refractivity contribution in [3.63, 3.8) is 0 Å². The highest BCUT2D eigenvalue weighted by Gasteiger charge is 2.05. The van der Waals surface area contributed by atoms with Crippen molar-refractivity contribution >= 4 is 23.4 Å². The van der Waals surface area contributed by atoms with Crippen LogP contribution in [0.2, 0.25) is 5.02 Å². The van der Waals surface area contributed by atoms with Gasteiger partial charge in [0.2, 0.25) is 0 Å². The number of hydrogen-bond donors (Lipinski definition) is 0. The number of benzene rings is 2. The van der Waals surface area contributed by atoms with Gasteiger partial charge in [0.1, 0.15) is 0 Å². The summed E-state index contributed by atoms with van der Waals surface area (Å²) in [5.41, 5.74) is 1.95. The van der Waals surface area contributed by atoms with Crippen molar-refractivity contribution in [1.82, 2.24) is 20.2 Å². The van der Waals surface area contributed by atoms with Crippen LogP contribution in [0.3, 0.4) is 0 Å². The van der Waals surface area contributed by atoms with E-state index in [1.165, 1.54) is 0 Å². The van der Waals surface area contributed by atoms with E-state index >= 15 is 0 Å². The molecule has 0 bridgehead atoms. The van der Waals surface area contributed by atoms with Crippen molar-refractivity contribution in [2.75, 3.05) is 11.9 Å². The highest BCUT2D eigenvalue weighted by atomic mass is 35.5. The molecule has 0 atom stereocenters. The zero-order valence-corrected chi connectivity index (χ0v) is 12.7. The number of nitrogens with zero attached hydrogens (tertiary/aromatic N) is 5. The second kappa shape index (κ2) is 6.41. The molecular formula is C16H14ClN5. The first-order chi connectivity index (χ1) is 10.7. The van der Waals surface area contributed by atoms with Crippen molar-refractivity contribution in [3.05, 3.63) is 71.6 Å². The molecule has 5 nitrogen and oxygen atoms in total. The average Bonchev–Trinajstić information content (AvgIpc) is 3.02. The maximum absolute atomic E-state index is 5.90. The van der Waals surface area contributed by atoms with Gasteiger partial charge in [0.05, 0.1) is 5.69 Å². The molecule has 3 rings (SSSR count). The van der Waals surface area contributed by atoms with E-state index in [-0.39, 0.29) is 0 Å². The molecule has 0 saturated carbocycles. The van der Waals surface area contributed by atoms with Gasteiger partial charge in [-0.05, 0) is 46.8 Å². The number of tetrazole rings is 1. The van der Waals surface area contributed by atoms with E-state index in [1.807, 2.05) is 78.8 Å². The fourth-order valence-corrected chi connectivity index (χ4v) is 2.12. The number of rotatable bonds is 4. The average molecular weight is 312 g/mol. The predicted molar refractivity (Wildman–Crippen MR) is 88.0 cm³/mol. The Kier molecular flexibility index (Phi) is 4.16. The molecule has 1 aromatic heterocycles. The smallest absolute Gasteiger partial charge is 0.181 e. The van der Waals surface area contributed by atoms with E-state index in [0.717, 1.165) is 11.4 Å². The number of hydrogen-bond acceptors (Lipinski definition) is 4. The standard InChI is InChI=1S/C16H14ClN5/c1-21(14-5-3-2-4-6-14)12-11-16-18-19-20-22(16)15-9-7-13(17)8-10-15/h2-12H,1H3/b12-11+. The molecule has 0 aliphatic carbocycles. The summed E-state index contributed by atoms with van der Waals surface area (Å²) in [5.74, 6) is 0.644. The van der Waals surface area contributed by atoms with Crippen molar-refractivity contribution in [3.8, 4) is 5.69 Å². The van der Waals surface area contributed by atoms with Gasteiger partial charge < -0.3 is 4.90 Å². The number of halogens is 1. The molecule has 22 heavy (non-hydrogen) atoms. The van der Waals surface area contributed by atoms with Gasteiger partial charge in [0, 0.05) is 30.0 Å². The first kappa shape index (κ1) is 14.3. The SMILES string of the molecule is CN(/C=C/c1nnnn1-c1ccc(Cl)cc1)c1ccccc1. The summed E-state index contributed by atoms with van der Waals surface area (Å²) in [4.78, 5) is 2.00. The fourth-order valence-electron chi connectivity index (χ4n) is 1.99. The van der Waals surface area contributed by atoms with Crippen LogP contribution in [0, 0.1) is 0 Å². The highest BCUT2D eigenvalue weighted by Crippen LogP contribution is 2.15. The van der Waals surface area contributed by atoms with Crippen LogP contribution in [0.15, 0.2) is 60.8 Å². The van der Waals surface area contributed by atoms with Crippen LogP contribution in [0.1, 0.15) is 5.82 Å². The van der Waals surface area contributed by atoms with Gasteiger partial charge in [0.15, 0.2) is 5.82 Å². The number of para-hydroxylation sites is 1. The molecule has 0 radical (unpaired) electrons. The summed E-state index contributed by atoms with van der Waals surface area (Å²) in [6.45, 7) is 0. The van der Waals surface area contributed by atoms with E-state index in [0.29, 0.717) is 10.8 Å². The minimum atomic E-state index is 0.644. The predicted octanol–water partition coefficient (Wildman–Crippen LogP) is 3.42. The first-order valence-corrected chi connectivity index (χ1v) is 7.12. The zero-order chi connectivity index (χ0) is 15.4. The summed E-state index contributed by atoms with van der Waals surface area (Å²) in [6.07, 6.45) is 3.79. The highest BCUT2D eigenvalue weighted by molar-refractivity contribution is 6.30. The van der Waals surface area contributed by atoms with E-state index in [2.05, 4.69) is 15.5 Å². The molecule has 0 aliphatic heterocycles. The maximum atomic E-state index is 5.90. The van der Waals surface area contributed by atoms with Gasteiger partial charge >= 0.3 is 0 Å². The quantitative estimate of drug-likeness (QED) is 0.740. The van der Waals surface area contributed by atoms with E-state index in [9.17, 15) is 0 Å². The molecule has 0 fully saturated rings. The third-order valence-electron chi connectivity index (χ3n) is 3.18. The lowest BCUT2D eigenvalue weighted by atomic mass is 10.3. The molecule has 3 aromatic rings. The molecule has 1 heterocycles. The second-order valence-corrected chi connectivity index (χ2v) is 5.12. The molecule has 6 heteroatoms. The topological polar surface area (TPSA) is 46.8 Å². The molecular weight excluding hydrogens is 298 g/mol. The summed E-state index contributed by atoms with van der Waals surface area (Å²) in [5, 5.41) is 12.5. The first-order valence-electron chi connectivity index (χ1n) is 6.74. The Morgan fingerprint density at radius 3 is 2.50 bits per heavy atom. The third-order valence-corrected chi connectivity index (χ3v) is 3.43. The lowest BCUT2D eigenvalue weighted by Gasteiger charge is -2.13. The number of anilines is 1. The Labute approximate surface area is 133 Å². The molecule has 0 unspecified atom stereocenters. The minimum Gasteiger partial charge on any atom is -0.351 e.